The summed E-state index contributed by atoms with van der Waals surface area (Å²) < 4.78 is 18.5. The second-order valence-corrected chi connectivity index (χ2v) is 13.2. The van der Waals surface area contributed by atoms with E-state index in [9.17, 15) is 14.7 Å². The Morgan fingerprint density at radius 2 is 1.81 bits per heavy atom. The van der Waals surface area contributed by atoms with Gasteiger partial charge in [0.05, 0.1) is 31.4 Å². The summed E-state index contributed by atoms with van der Waals surface area (Å²) in [6, 6.07) is 12.4. The summed E-state index contributed by atoms with van der Waals surface area (Å²) in [4.78, 5) is 33.8. The second-order valence-electron chi connectivity index (χ2n) is 13.2. The van der Waals surface area contributed by atoms with Gasteiger partial charge in [-0.25, -0.2) is 9.78 Å². The molecular formula is C35H44N2O6. The molecule has 1 aromatic heterocycles. The van der Waals surface area contributed by atoms with E-state index < -0.39 is 41.6 Å². The lowest BCUT2D eigenvalue weighted by atomic mass is 9.73. The van der Waals surface area contributed by atoms with Crippen molar-refractivity contribution in [2.45, 2.75) is 91.7 Å². The fourth-order valence-electron chi connectivity index (χ4n) is 7.08. The van der Waals surface area contributed by atoms with Gasteiger partial charge in [-0.05, 0) is 74.3 Å². The molecule has 2 saturated heterocycles. The van der Waals surface area contributed by atoms with Gasteiger partial charge in [0.15, 0.2) is 0 Å². The Bertz CT molecular complexity index is 1510. The number of benzene rings is 2. The van der Waals surface area contributed by atoms with Crippen LogP contribution in [0.3, 0.4) is 0 Å². The zero-order chi connectivity index (χ0) is 31.1. The molecule has 0 radical (unpaired) electrons. The smallest absolute Gasteiger partial charge is 0.326 e. The maximum Gasteiger partial charge on any atom is 0.326 e. The van der Waals surface area contributed by atoms with Gasteiger partial charge in [-0.1, -0.05) is 56.7 Å². The molecule has 3 heterocycles. The highest BCUT2D eigenvalue weighted by Crippen LogP contribution is 2.51. The normalized spacial score (nSPS) is 24.3. The maximum atomic E-state index is 14.3. The lowest BCUT2D eigenvalue weighted by Gasteiger charge is -2.35. The first-order chi connectivity index (χ1) is 20.4. The fraction of sp³-hybridized carbons (Fsp3) is 0.514. The molecule has 0 aliphatic carbocycles. The zero-order valence-electron chi connectivity index (χ0n) is 26.3. The Kier molecular flexibility index (Phi) is 8.82. The summed E-state index contributed by atoms with van der Waals surface area (Å²) in [7, 11) is 1.59. The number of fused-ring (bicyclic) bond motifs is 1. The van der Waals surface area contributed by atoms with E-state index >= 15 is 0 Å². The van der Waals surface area contributed by atoms with Crippen molar-refractivity contribution in [1.82, 2.24) is 9.88 Å². The number of aryl methyl sites for hydroxylation is 3. The summed E-state index contributed by atoms with van der Waals surface area (Å²) in [5.41, 5.74) is 5.18. The molecule has 0 unspecified atom stereocenters. The summed E-state index contributed by atoms with van der Waals surface area (Å²) in [5.74, 6) is -1.36. The minimum Gasteiger partial charge on any atom is -0.481 e. The predicted molar refractivity (Wildman–Crippen MR) is 165 cm³/mol. The van der Waals surface area contributed by atoms with Crippen LogP contribution in [-0.4, -0.2) is 58.8 Å². The number of hydrogen-bond acceptors (Lipinski definition) is 6. The molecule has 230 valence electrons. The monoisotopic (exact) mass is 588 g/mol. The van der Waals surface area contributed by atoms with Gasteiger partial charge >= 0.3 is 5.97 Å². The van der Waals surface area contributed by atoms with Gasteiger partial charge in [0.1, 0.15) is 12.1 Å². The number of rotatable bonds is 7. The number of ether oxygens (including phenoxy) is 3. The van der Waals surface area contributed by atoms with Crippen molar-refractivity contribution in [2.24, 2.45) is 11.3 Å². The van der Waals surface area contributed by atoms with E-state index in [1.165, 1.54) is 0 Å². The molecule has 5 rings (SSSR count). The third kappa shape index (κ3) is 6.00. The summed E-state index contributed by atoms with van der Waals surface area (Å²) >= 11 is 0. The Morgan fingerprint density at radius 3 is 2.44 bits per heavy atom. The highest BCUT2D eigenvalue weighted by molar-refractivity contribution is 5.88. The summed E-state index contributed by atoms with van der Waals surface area (Å²) in [6.45, 7) is 12.8. The van der Waals surface area contributed by atoms with E-state index in [-0.39, 0.29) is 12.5 Å². The number of aliphatic carboxylic acids is 1. The molecule has 1 amide bonds. The highest BCUT2D eigenvalue weighted by atomic mass is 16.5. The van der Waals surface area contributed by atoms with E-state index in [2.05, 4.69) is 19.1 Å². The second kappa shape index (κ2) is 12.2. The van der Waals surface area contributed by atoms with Crippen LogP contribution in [0.1, 0.15) is 73.9 Å². The molecule has 2 fully saturated rings. The van der Waals surface area contributed by atoms with Crippen molar-refractivity contribution in [3.05, 3.63) is 70.3 Å². The van der Waals surface area contributed by atoms with Crippen LogP contribution in [0.2, 0.25) is 0 Å². The van der Waals surface area contributed by atoms with Crippen molar-refractivity contribution in [3.8, 4) is 5.88 Å². The molecule has 8 nitrogen and oxygen atoms in total. The van der Waals surface area contributed by atoms with Crippen molar-refractivity contribution < 1.29 is 28.9 Å². The van der Waals surface area contributed by atoms with E-state index in [0.717, 1.165) is 51.6 Å². The molecule has 1 N–H and O–H groups in total. The lowest BCUT2D eigenvalue weighted by Crippen LogP contribution is -2.51. The highest BCUT2D eigenvalue weighted by Gasteiger charge is 2.59. The molecule has 43 heavy (non-hydrogen) atoms. The number of carbonyl (C=O) groups excluding carboxylic acids is 1. The predicted octanol–water partition coefficient (Wildman–Crippen LogP) is 6.32. The van der Waals surface area contributed by atoms with Gasteiger partial charge in [0.2, 0.25) is 5.88 Å². The van der Waals surface area contributed by atoms with Gasteiger partial charge in [-0.15, -0.1) is 0 Å². The number of hydrogen-bond donors (Lipinski definition) is 1. The number of carboxylic acids is 1. The molecule has 3 aromatic rings. The van der Waals surface area contributed by atoms with E-state index in [0.29, 0.717) is 18.9 Å². The minimum absolute atomic E-state index is 0.146. The Balaban J connectivity index is 1.62. The number of nitrogens with zero attached hydrogens (tertiary/aromatic N) is 2. The first kappa shape index (κ1) is 31.0. The molecule has 0 saturated carbocycles. The first-order valence-electron chi connectivity index (χ1n) is 15.2. The Hall–Kier alpha value is -3.49. The van der Waals surface area contributed by atoms with Crippen LogP contribution in [-0.2, 0) is 25.7 Å². The topological polar surface area (TPSA) is 98.2 Å². The number of aromatic nitrogens is 1. The molecule has 5 atom stereocenters. The quantitative estimate of drug-likeness (QED) is 0.345. The van der Waals surface area contributed by atoms with E-state index in [1.54, 1.807) is 12.0 Å². The van der Waals surface area contributed by atoms with Crippen molar-refractivity contribution >= 4 is 22.8 Å². The summed E-state index contributed by atoms with van der Waals surface area (Å²) in [5, 5.41) is 11.7. The number of pyridine rings is 1. The van der Waals surface area contributed by atoms with Gasteiger partial charge in [0, 0.05) is 23.5 Å². The maximum absolute atomic E-state index is 14.3. The lowest BCUT2D eigenvalue weighted by molar-refractivity contribution is -0.159. The average molecular weight is 589 g/mol. The van der Waals surface area contributed by atoms with E-state index in [1.807, 2.05) is 65.0 Å². The third-order valence-electron chi connectivity index (χ3n) is 8.99. The van der Waals surface area contributed by atoms with Crippen LogP contribution in [0, 0.1) is 32.1 Å². The molecule has 8 heteroatoms. The molecule has 2 aromatic carbocycles. The number of methoxy groups -OCH3 is 1. The van der Waals surface area contributed by atoms with Gasteiger partial charge in [-0.3, -0.25) is 4.79 Å². The number of carbonyl (C=O) groups is 2. The van der Waals surface area contributed by atoms with Crippen molar-refractivity contribution in [1.29, 1.82) is 0 Å². The van der Waals surface area contributed by atoms with E-state index in [4.69, 9.17) is 19.2 Å². The molecule has 0 bridgehead atoms. The third-order valence-corrected chi connectivity index (χ3v) is 8.99. The van der Waals surface area contributed by atoms with Crippen LogP contribution in [0.25, 0.3) is 10.9 Å². The first-order valence-corrected chi connectivity index (χ1v) is 15.2. The van der Waals surface area contributed by atoms with Crippen molar-refractivity contribution in [3.63, 3.8) is 0 Å². The van der Waals surface area contributed by atoms with Crippen LogP contribution < -0.4 is 4.74 Å². The molecular weight excluding hydrogens is 544 g/mol. The largest absolute Gasteiger partial charge is 0.481 e. The van der Waals surface area contributed by atoms with Crippen LogP contribution >= 0.6 is 0 Å². The van der Waals surface area contributed by atoms with Crippen LogP contribution in [0.4, 0.5) is 0 Å². The molecule has 0 spiro atoms. The fourth-order valence-corrected chi connectivity index (χ4v) is 7.08. The number of likely N-dealkylation sites (tertiary alicyclic amines) is 1. The van der Waals surface area contributed by atoms with Crippen molar-refractivity contribution in [2.75, 3.05) is 13.7 Å². The standard InChI is InChI=1S/C35H44N2O6/c1-20-16-22(3)28-23(17-20)18-24(32(36-28)41-7)19-43-31-27(35(4,5)6)30(34(39)40)37(33(38)26-14-10-11-15-42-26)29(31)25-13-9-8-12-21(25)2/h8-9,12-13,16-18,26-27,29-31H,10-11,14-15,19H2,1-7H3,(H,39,40)/t26-,27+,29-,30-,31-/m0/s1. The molecule has 2 aliphatic rings. The summed E-state index contributed by atoms with van der Waals surface area (Å²) in [6.07, 6.45) is 1.05. The SMILES string of the molecule is COc1nc2c(C)cc(C)cc2cc1CO[C@H]1[C@H](C(C)(C)C)[C@@H](C(=O)O)N(C(=O)[C@@H]2CCCCO2)[C@H]1c1ccccc1C. The van der Waals surface area contributed by atoms with Gasteiger partial charge in [-0.2, -0.15) is 0 Å². The minimum atomic E-state index is -1.09. The Labute approximate surface area is 254 Å². The molecule has 2 aliphatic heterocycles. The van der Waals surface area contributed by atoms with Gasteiger partial charge in [0.25, 0.3) is 5.91 Å². The number of amides is 1. The number of carboxylic acid groups (broad SMARTS) is 1. The van der Waals surface area contributed by atoms with Gasteiger partial charge < -0.3 is 24.2 Å². The van der Waals surface area contributed by atoms with Crippen LogP contribution in [0.5, 0.6) is 5.88 Å². The zero-order valence-corrected chi connectivity index (χ0v) is 26.3. The Morgan fingerprint density at radius 1 is 1.07 bits per heavy atom. The van der Waals surface area contributed by atoms with Crippen LogP contribution in [0.15, 0.2) is 42.5 Å². The average Bonchev–Trinajstić information content (AvgIpc) is 3.31.